The Balaban J connectivity index is 2.29. The van der Waals surface area contributed by atoms with Gasteiger partial charge >= 0.3 is 0 Å². The quantitative estimate of drug-likeness (QED) is 0.835. The Hall–Kier alpha value is -2.41. The van der Waals surface area contributed by atoms with Gasteiger partial charge in [0, 0.05) is 18.0 Å². The highest BCUT2D eigenvalue weighted by atomic mass is 15.1. The van der Waals surface area contributed by atoms with Gasteiger partial charge in [-0.15, -0.1) is 0 Å². The summed E-state index contributed by atoms with van der Waals surface area (Å²) >= 11 is 0. The molecule has 2 rings (SSSR count). The molecule has 0 amide bonds. The summed E-state index contributed by atoms with van der Waals surface area (Å²) < 4.78 is 0. The van der Waals surface area contributed by atoms with Crippen molar-refractivity contribution >= 4 is 5.95 Å². The van der Waals surface area contributed by atoms with Gasteiger partial charge in [0.05, 0.1) is 6.07 Å². The van der Waals surface area contributed by atoms with Crippen molar-refractivity contribution in [3.05, 3.63) is 41.7 Å². The van der Waals surface area contributed by atoms with E-state index >= 15 is 0 Å². The maximum Gasteiger partial charge on any atom is 0.223 e. The third-order valence-electron chi connectivity index (χ3n) is 2.68. The predicted molar refractivity (Wildman–Crippen MR) is 71.0 cm³/mol. The number of hydrogen-bond donors (Lipinski definition) is 1. The lowest BCUT2D eigenvalue weighted by Gasteiger charge is -2.07. The second-order valence-corrected chi connectivity index (χ2v) is 4.13. The first kappa shape index (κ1) is 12.1. The Bertz CT molecular complexity index is 582. The molecular formula is C14H14N4. The molecule has 18 heavy (non-hydrogen) atoms. The average molecular weight is 238 g/mol. The maximum atomic E-state index is 8.46. The molecule has 0 aliphatic carbocycles. The molecule has 0 aliphatic rings. The van der Waals surface area contributed by atoms with E-state index in [4.69, 9.17) is 5.26 Å². The van der Waals surface area contributed by atoms with Crippen molar-refractivity contribution in [1.82, 2.24) is 9.97 Å². The van der Waals surface area contributed by atoms with Crippen LogP contribution >= 0.6 is 0 Å². The number of rotatable bonds is 3. The first-order chi connectivity index (χ1) is 8.70. The van der Waals surface area contributed by atoms with Gasteiger partial charge in [0.2, 0.25) is 5.95 Å². The molecule has 0 spiro atoms. The Kier molecular flexibility index (Phi) is 3.54. The van der Waals surface area contributed by atoms with Crippen LogP contribution in [0.1, 0.15) is 11.1 Å². The molecule has 0 radical (unpaired) electrons. The Morgan fingerprint density at radius 2 is 1.94 bits per heavy atom. The fourth-order valence-electron chi connectivity index (χ4n) is 1.72. The molecule has 0 bridgehead atoms. The van der Waals surface area contributed by atoms with Gasteiger partial charge in [0.15, 0.2) is 0 Å². The van der Waals surface area contributed by atoms with E-state index in [0.29, 0.717) is 5.95 Å². The number of anilines is 1. The SMILES string of the molecule is Cc1ccc(C)c(-c2cnc(NCC#N)nc2)c1. The van der Waals surface area contributed by atoms with Crippen molar-refractivity contribution in [2.75, 3.05) is 11.9 Å². The van der Waals surface area contributed by atoms with E-state index in [1.807, 2.05) is 6.07 Å². The summed E-state index contributed by atoms with van der Waals surface area (Å²) in [6, 6.07) is 8.29. The van der Waals surface area contributed by atoms with Gasteiger partial charge in [0.1, 0.15) is 6.54 Å². The standard InChI is InChI=1S/C14H14N4/c1-10-3-4-11(2)13(7-10)12-8-17-14(18-9-12)16-6-5-15/h3-4,7-9H,6H2,1-2H3,(H,16,17,18). The van der Waals surface area contributed by atoms with Crippen LogP contribution < -0.4 is 5.32 Å². The fraction of sp³-hybridized carbons (Fsp3) is 0.214. The van der Waals surface area contributed by atoms with Gasteiger partial charge in [0.25, 0.3) is 0 Å². The van der Waals surface area contributed by atoms with Crippen LogP contribution in [0.5, 0.6) is 0 Å². The van der Waals surface area contributed by atoms with Crippen LogP contribution in [0, 0.1) is 25.2 Å². The lowest BCUT2D eigenvalue weighted by Crippen LogP contribution is -2.02. The maximum absolute atomic E-state index is 8.46. The zero-order chi connectivity index (χ0) is 13.0. The van der Waals surface area contributed by atoms with E-state index in [2.05, 4.69) is 47.3 Å². The van der Waals surface area contributed by atoms with E-state index in [9.17, 15) is 0 Å². The lowest BCUT2D eigenvalue weighted by molar-refractivity contribution is 1.12. The highest BCUT2D eigenvalue weighted by Crippen LogP contribution is 2.23. The molecule has 90 valence electrons. The summed E-state index contributed by atoms with van der Waals surface area (Å²) in [6.45, 7) is 4.34. The number of benzene rings is 1. The van der Waals surface area contributed by atoms with Crippen LogP contribution in [0.25, 0.3) is 11.1 Å². The Labute approximate surface area is 106 Å². The molecule has 0 saturated heterocycles. The second kappa shape index (κ2) is 5.28. The molecule has 0 fully saturated rings. The van der Waals surface area contributed by atoms with E-state index in [1.165, 1.54) is 11.1 Å². The minimum atomic E-state index is 0.211. The number of nitrogens with one attached hydrogen (secondary N) is 1. The molecule has 0 atom stereocenters. The fourth-order valence-corrected chi connectivity index (χ4v) is 1.72. The van der Waals surface area contributed by atoms with Gasteiger partial charge in [-0.1, -0.05) is 23.8 Å². The van der Waals surface area contributed by atoms with Crippen molar-refractivity contribution < 1.29 is 0 Å². The van der Waals surface area contributed by atoms with Crippen molar-refractivity contribution in [3.8, 4) is 17.2 Å². The minimum Gasteiger partial charge on any atom is -0.341 e. The Morgan fingerprint density at radius 1 is 1.22 bits per heavy atom. The van der Waals surface area contributed by atoms with Crippen molar-refractivity contribution in [2.45, 2.75) is 13.8 Å². The van der Waals surface area contributed by atoms with Gasteiger partial charge in [-0.25, -0.2) is 9.97 Å². The third kappa shape index (κ3) is 2.64. The normalized spacial score (nSPS) is 9.83. The lowest BCUT2D eigenvalue weighted by atomic mass is 10.0. The zero-order valence-corrected chi connectivity index (χ0v) is 10.4. The van der Waals surface area contributed by atoms with Crippen LogP contribution in [-0.4, -0.2) is 16.5 Å². The number of aromatic nitrogens is 2. The zero-order valence-electron chi connectivity index (χ0n) is 10.4. The van der Waals surface area contributed by atoms with E-state index in [-0.39, 0.29) is 6.54 Å². The summed E-state index contributed by atoms with van der Waals surface area (Å²) in [7, 11) is 0. The molecule has 2 aromatic rings. The van der Waals surface area contributed by atoms with E-state index < -0.39 is 0 Å². The monoisotopic (exact) mass is 238 g/mol. The molecular weight excluding hydrogens is 224 g/mol. The highest BCUT2D eigenvalue weighted by Gasteiger charge is 2.03. The van der Waals surface area contributed by atoms with Crippen LogP contribution in [0.4, 0.5) is 5.95 Å². The molecule has 4 heteroatoms. The van der Waals surface area contributed by atoms with Gasteiger partial charge in [-0.2, -0.15) is 5.26 Å². The molecule has 1 N–H and O–H groups in total. The minimum absolute atomic E-state index is 0.211. The summed E-state index contributed by atoms with van der Waals surface area (Å²) in [5.41, 5.74) is 4.53. The van der Waals surface area contributed by atoms with Crippen molar-refractivity contribution in [1.29, 1.82) is 5.26 Å². The Morgan fingerprint density at radius 3 is 2.61 bits per heavy atom. The summed E-state index contributed by atoms with van der Waals surface area (Å²) in [5, 5.41) is 11.3. The molecule has 0 aliphatic heterocycles. The number of nitrogens with zero attached hydrogens (tertiary/aromatic N) is 3. The first-order valence-electron chi connectivity index (χ1n) is 5.71. The summed E-state index contributed by atoms with van der Waals surface area (Å²) in [5.74, 6) is 0.477. The number of nitriles is 1. The molecule has 0 saturated carbocycles. The molecule has 1 aromatic heterocycles. The smallest absolute Gasteiger partial charge is 0.223 e. The summed E-state index contributed by atoms with van der Waals surface area (Å²) in [4.78, 5) is 8.38. The predicted octanol–water partition coefficient (Wildman–Crippen LogP) is 2.70. The average Bonchev–Trinajstić information content (AvgIpc) is 2.40. The number of hydrogen-bond acceptors (Lipinski definition) is 4. The topological polar surface area (TPSA) is 61.6 Å². The van der Waals surface area contributed by atoms with Gasteiger partial charge in [-0.05, 0) is 25.0 Å². The van der Waals surface area contributed by atoms with Crippen LogP contribution in [0.2, 0.25) is 0 Å². The van der Waals surface area contributed by atoms with Gasteiger partial charge in [-0.3, -0.25) is 0 Å². The van der Waals surface area contributed by atoms with Crippen LogP contribution in [-0.2, 0) is 0 Å². The van der Waals surface area contributed by atoms with Crippen molar-refractivity contribution in [3.63, 3.8) is 0 Å². The molecule has 1 heterocycles. The summed E-state index contributed by atoms with van der Waals surface area (Å²) in [6.07, 6.45) is 3.54. The molecule has 1 aromatic carbocycles. The van der Waals surface area contributed by atoms with Crippen molar-refractivity contribution in [2.24, 2.45) is 0 Å². The molecule has 4 nitrogen and oxygen atoms in total. The second-order valence-electron chi connectivity index (χ2n) is 4.13. The van der Waals surface area contributed by atoms with Crippen LogP contribution in [0.15, 0.2) is 30.6 Å². The van der Waals surface area contributed by atoms with E-state index in [1.54, 1.807) is 12.4 Å². The first-order valence-corrected chi connectivity index (χ1v) is 5.71. The largest absolute Gasteiger partial charge is 0.341 e. The highest BCUT2D eigenvalue weighted by molar-refractivity contribution is 5.66. The molecule has 0 unspecified atom stereocenters. The van der Waals surface area contributed by atoms with E-state index in [0.717, 1.165) is 11.1 Å². The van der Waals surface area contributed by atoms with Crippen LogP contribution in [0.3, 0.4) is 0 Å². The third-order valence-corrected chi connectivity index (χ3v) is 2.68. The van der Waals surface area contributed by atoms with Gasteiger partial charge < -0.3 is 5.32 Å². The number of aryl methyl sites for hydroxylation is 2.